The first-order valence-corrected chi connectivity index (χ1v) is 6.89. The lowest BCUT2D eigenvalue weighted by Crippen LogP contribution is -2.12. The van der Waals surface area contributed by atoms with Crippen LogP contribution in [0.1, 0.15) is 9.67 Å². The fourth-order valence-electron chi connectivity index (χ4n) is 1.85. The van der Waals surface area contributed by atoms with Crippen molar-refractivity contribution in [2.75, 3.05) is 11.1 Å². The lowest BCUT2D eigenvalue weighted by Gasteiger charge is -2.02. The Bertz CT molecular complexity index is 788. The molecule has 0 saturated heterocycles. The first kappa shape index (κ1) is 12.8. The molecule has 0 fully saturated rings. The number of nitrogens with one attached hydrogen (secondary N) is 1. The highest BCUT2D eigenvalue weighted by atomic mass is 35.5. The van der Waals surface area contributed by atoms with Gasteiger partial charge >= 0.3 is 0 Å². The van der Waals surface area contributed by atoms with E-state index in [0.29, 0.717) is 26.7 Å². The third-order valence-corrected chi connectivity index (χ3v) is 4.21. The average Bonchev–Trinajstić information content (AvgIpc) is 2.79. The van der Waals surface area contributed by atoms with Gasteiger partial charge in [0.15, 0.2) is 0 Å². The molecule has 0 unspecified atom stereocenters. The third kappa shape index (κ3) is 2.19. The molecule has 0 radical (unpaired) electrons. The van der Waals surface area contributed by atoms with Crippen molar-refractivity contribution in [1.82, 2.24) is 9.97 Å². The van der Waals surface area contributed by atoms with Crippen LogP contribution in [-0.4, -0.2) is 15.9 Å². The van der Waals surface area contributed by atoms with Crippen LogP contribution < -0.4 is 11.1 Å². The van der Waals surface area contributed by atoms with E-state index < -0.39 is 0 Å². The van der Waals surface area contributed by atoms with Crippen molar-refractivity contribution in [3.05, 3.63) is 46.8 Å². The molecule has 20 heavy (non-hydrogen) atoms. The number of hydrogen-bond acceptors (Lipinski definition) is 5. The molecular weight excluding hydrogens is 296 g/mol. The van der Waals surface area contributed by atoms with Crippen LogP contribution in [-0.2, 0) is 0 Å². The van der Waals surface area contributed by atoms with Crippen molar-refractivity contribution < 1.29 is 4.79 Å². The monoisotopic (exact) mass is 304 g/mol. The van der Waals surface area contributed by atoms with Gasteiger partial charge in [-0.15, -0.1) is 11.3 Å². The van der Waals surface area contributed by atoms with Crippen LogP contribution in [0.5, 0.6) is 0 Å². The van der Waals surface area contributed by atoms with E-state index in [1.54, 1.807) is 6.07 Å². The van der Waals surface area contributed by atoms with E-state index in [4.69, 9.17) is 17.3 Å². The van der Waals surface area contributed by atoms with Crippen molar-refractivity contribution in [3.8, 4) is 0 Å². The van der Waals surface area contributed by atoms with Crippen LogP contribution in [0.2, 0.25) is 5.02 Å². The second kappa shape index (κ2) is 5.07. The number of amides is 1. The standard InChI is InChI=1S/C13H9ClN4OS/c14-8-2-1-3-9-10(8)11(15)12(20-9)13(19)18-7-4-16-6-17-5-7/h1-6H,15H2,(H,18,19). The van der Waals surface area contributed by atoms with E-state index in [2.05, 4.69) is 15.3 Å². The second-order valence-electron chi connectivity index (χ2n) is 4.04. The summed E-state index contributed by atoms with van der Waals surface area (Å²) in [5.41, 5.74) is 6.94. The fourth-order valence-corrected chi connectivity index (χ4v) is 3.23. The molecule has 3 N–H and O–H groups in total. The predicted octanol–water partition coefficient (Wildman–Crippen LogP) is 3.18. The molecule has 1 aromatic carbocycles. The van der Waals surface area contributed by atoms with Gasteiger partial charge in [-0.3, -0.25) is 4.79 Å². The van der Waals surface area contributed by atoms with E-state index in [1.165, 1.54) is 30.1 Å². The molecule has 7 heteroatoms. The summed E-state index contributed by atoms with van der Waals surface area (Å²) in [6.07, 6.45) is 4.42. The molecule has 0 aliphatic heterocycles. The summed E-state index contributed by atoms with van der Waals surface area (Å²) in [6, 6.07) is 5.46. The SMILES string of the molecule is Nc1c(C(=O)Nc2cncnc2)sc2cccc(Cl)c12. The minimum atomic E-state index is -0.297. The van der Waals surface area contributed by atoms with Crippen molar-refractivity contribution in [1.29, 1.82) is 0 Å². The summed E-state index contributed by atoms with van der Waals surface area (Å²) in [6.45, 7) is 0. The number of nitrogen functional groups attached to an aromatic ring is 1. The number of hydrogen-bond donors (Lipinski definition) is 2. The van der Waals surface area contributed by atoms with Gasteiger partial charge in [0.2, 0.25) is 0 Å². The minimum absolute atomic E-state index is 0.297. The minimum Gasteiger partial charge on any atom is -0.397 e. The van der Waals surface area contributed by atoms with E-state index in [0.717, 1.165) is 4.70 Å². The Labute approximate surface area is 123 Å². The molecule has 2 aromatic heterocycles. The quantitative estimate of drug-likeness (QED) is 0.762. The van der Waals surface area contributed by atoms with Crippen molar-refractivity contribution in [2.24, 2.45) is 0 Å². The number of anilines is 2. The Balaban J connectivity index is 2.00. The number of carbonyl (C=O) groups is 1. The highest BCUT2D eigenvalue weighted by Crippen LogP contribution is 2.38. The Morgan fingerprint density at radius 1 is 1.30 bits per heavy atom. The molecule has 0 aliphatic rings. The van der Waals surface area contributed by atoms with Crippen LogP contribution in [0.15, 0.2) is 36.9 Å². The molecule has 100 valence electrons. The van der Waals surface area contributed by atoms with Crippen LogP contribution in [0.4, 0.5) is 11.4 Å². The van der Waals surface area contributed by atoms with Gasteiger partial charge in [-0.05, 0) is 12.1 Å². The topological polar surface area (TPSA) is 80.9 Å². The van der Waals surface area contributed by atoms with Gasteiger partial charge in [0.25, 0.3) is 5.91 Å². The van der Waals surface area contributed by atoms with E-state index in [1.807, 2.05) is 12.1 Å². The number of halogens is 1. The molecule has 0 atom stereocenters. The van der Waals surface area contributed by atoms with Gasteiger partial charge in [-0.2, -0.15) is 0 Å². The van der Waals surface area contributed by atoms with E-state index >= 15 is 0 Å². The first-order chi connectivity index (χ1) is 9.66. The maximum Gasteiger partial charge on any atom is 0.267 e. The fraction of sp³-hybridized carbons (Fsp3) is 0. The number of carbonyl (C=O) groups excluding carboxylic acids is 1. The molecule has 2 heterocycles. The largest absolute Gasteiger partial charge is 0.397 e. The maximum atomic E-state index is 12.2. The van der Waals surface area contributed by atoms with E-state index in [-0.39, 0.29) is 5.91 Å². The highest BCUT2D eigenvalue weighted by Gasteiger charge is 2.18. The molecule has 3 aromatic rings. The number of aromatic nitrogens is 2. The summed E-state index contributed by atoms with van der Waals surface area (Å²) < 4.78 is 0.879. The zero-order chi connectivity index (χ0) is 14.1. The summed E-state index contributed by atoms with van der Waals surface area (Å²) >= 11 is 7.42. The summed E-state index contributed by atoms with van der Waals surface area (Å²) in [5, 5.41) is 3.96. The van der Waals surface area contributed by atoms with Crippen molar-refractivity contribution in [3.63, 3.8) is 0 Å². The van der Waals surface area contributed by atoms with Crippen LogP contribution in [0.25, 0.3) is 10.1 Å². The number of thiophene rings is 1. The molecule has 0 spiro atoms. The molecule has 3 rings (SSSR count). The molecule has 1 amide bonds. The number of nitrogens with zero attached hydrogens (tertiary/aromatic N) is 2. The van der Waals surface area contributed by atoms with Gasteiger partial charge < -0.3 is 11.1 Å². The predicted molar refractivity (Wildman–Crippen MR) is 81.2 cm³/mol. The highest BCUT2D eigenvalue weighted by molar-refractivity contribution is 7.21. The third-order valence-electron chi connectivity index (χ3n) is 2.73. The molecule has 0 aliphatic carbocycles. The number of rotatable bonds is 2. The zero-order valence-corrected chi connectivity index (χ0v) is 11.7. The number of fused-ring (bicyclic) bond motifs is 1. The number of nitrogens with two attached hydrogens (primary N) is 1. The second-order valence-corrected chi connectivity index (χ2v) is 5.50. The van der Waals surface area contributed by atoms with Gasteiger partial charge in [0.05, 0.1) is 28.8 Å². The number of benzene rings is 1. The normalized spacial score (nSPS) is 10.7. The summed E-state index contributed by atoms with van der Waals surface area (Å²) in [7, 11) is 0. The van der Waals surface area contributed by atoms with Crippen LogP contribution >= 0.6 is 22.9 Å². The van der Waals surface area contributed by atoms with Gasteiger partial charge in [0.1, 0.15) is 11.2 Å². The van der Waals surface area contributed by atoms with Gasteiger partial charge in [0, 0.05) is 10.1 Å². The first-order valence-electron chi connectivity index (χ1n) is 5.69. The Hall–Kier alpha value is -2.18. The Morgan fingerprint density at radius 3 is 2.75 bits per heavy atom. The molecular formula is C13H9ClN4OS. The lowest BCUT2D eigenvalue weighted by atomic mass is 10.2. The zero-order valence-electron chi connectivity index (χ0n) is 10.1. The van der Waals surface area contributed by atoms with Crippen LogP contribution in [0.3, 0.4) is 0 Å². The molecule has 5 nitrogen and oxygen atoms in total. The van der Waals surface area contributed by atoms with Gasteiger partial charge in [-0.25, -0.2) is 9.97 Å². The Kier molecular flexibility index (Phi) is 3.25. The molecule has 0 saturated carbocycles. The lowest BCUT2D eigenvalue weighted by molar-refractivity contribution is 0.103. The van der Waals surface area contributed by atoms with Crippen molar-refractivity contribution in [2.45, 2.75) is 0 Å². The smallest absolute Gasteiger partial charge is 0.267 e. The molecule has 0 bridgehead atoms. The van der Waals surface area contributed by atoms with Crippen molar-refractivity contribution >= 4 is 50.3 Å². The van der Waals surface area contributed by atoms with E-state index in [9.17, 15) is 4.79 Å². The van der Waals surface area contributed by atoms with Gasteiger partial charge in [-0.1, -0.05) is 17.7 Å². The average molecular weight is 305 g/mol. The summed E-state index contributed by atoms with van der Waals surface area (Å²) in [5.74, 6) is -0.297. The Morgan fingerprint density at radius 2 is 2.05 bits per heavy atom. The maximum absolute atomic E-state index is 12.2. The van der Waals surface area contributed by atoms with Crippen LogP contribution in [0, 0.1) is 0 Å². The summed E-state index contributed by atoms with van der Waals surface area (Å²) in [4.78, 5) is 20.3.